The smallest absolute Gasteiger partial charge is 0.354 e. The first-order valence-electron chi connectivity index (χ1n) is 9.96. The molecule has 0 heterocycles. The minimum Gasteiger partial charge on any atom is -0.366 e. The third-order valence-corrected chi connectivity index (χ3v) is 7.23. The van der Waals surface area contributed by atoms with E-state index in [2.05, 4.69) is 20.5 Å². The number of ether oxygens (including phenoxy) is 1. The highest BCUT2D eigenvalue weighted by atomic mass is 32.2. The molecule has 7 heteroatoms. The average Bonchev–Trinajstić information content (AvgIpc) is 3.22. The van der Waals surface area contributed by atoms with Crippen molar-refractivity contribution in [3.05, 3.63) is 28.3 Å². The van der Waals surface area contributed by atoms with Gasteiger partial charge in [-0.2, -0.15) is 0 Å². The summed E-state index contributed by atoms with van der Waals surface area (Å²) < 4.78 is 25.3. The summed E-state index contributed by atoms with van der Waals surface area (Å²) in [7, 11) is -2.87. The summed E-state index contributed by atoms with van der Waals surface area (Å²) in [6.07, 6.45) is 6.37. The third kappa shape index (κ3) is 4.89. The summed E-state index contributed by atoms with van der Waals surface area (Å²) in [5, 5.41) is 3.00. The maximum atomic E-state index is 13.1. The molecule has 0 fully saturated rings. The number of urea groups is 1. The van der Waals surface area contributed by atoms with Gasteiger partial charge in [-0.25, -0.2) is 13.7 Å². The largest absolute Gasteiger partial charge is 0.366 e. The van der Waals surface area contributed by atoms with E-state index < -0.39 is 15.9 Å². The molecular formula is C20H31N3O3S. The molecule has 6 nitrogen and oxygen atoms in total. The van der Waals surface area contributed by atoms with Crippen LogP contribution in [0.1, 0.15) is 55.9 Å². The molecule has 1 aromatic carbocycles. The van der Waals surface area contributed by atoms with Crippen LogP contribution in [-0.2, 0) is 40.3 Å². The van der Waals surface area contributed by atoms with Crippen LogP contribution in [0.25, 0.3) is 0 Å². The second-order valence-electron chi connectivity index (χ2n) is 7.74. The molecule has 150 valence electrons. The van der Waals surface area contributed by atoms with Gasteiger partial charge in [0.1, 0.15) is 16.6 Å². The van der Waals surface area contributed by atoms with E-state index in [-0.39, 0.29) is 12.6 Å². The fourth-order valence-corrected chi connectivity index (χ4v) is 5.79. The van der Waals surface area contributed by atoms with Crippen LogP contribution in [0.3, 0.4) is 0 Å². The average molecular weight is 394 g/mol. The molecule has 0 radical (unpaired) electrons. The Morgan fingerprint density at radius 3 is 2.37 bits per heavy atom. The maximum absolute atomic E-state index is 13.1. The number of nitrogens with one attached hydrogen (secondary N) is 2. The Hall–Kier alpha value is -1.44. The van der Waals surface area contributed by atoms with Crippen LogP contribution in [0, 0.1) is 5.92 Å². The van der Waals surface area contributed by atoms with Gasteiger partial charge >= 0.3 is 6.03 Å². The number of benzene rings is 1. The van der Waals surface area contributed by atoms with Crippen molar-refractivity contribution in [2.24, 2.45) is 10.3 Å². The number of fused-ring (bicyclic) bond motifs is 2. The van der Waals surface area contributed by atoms with Gasteiger partial charge in [0.15, 0.2) is 0 Å². The standard InChI is InChI=1S/C20H31N3O3S/c1-4-26-13-21-27(25,12-14(2)3)23-20(24)22-19-17-9-5-7-15(17)11-16-8-6-10-18(16)19/h11,14H,4-10,12-13H2,1-3H3,(H2,21,22,23,24,25). The number of carbonyl (C=O) groups excluding carboxylic acids is 1. The van der Waals surface area contributed by atoms with Crippen LogP contribution in [0.2, 0.25) is 0 Å². The Bertz CT molecular complexity index is 794. The lowest BCUT2D eigenvalue weighted by molar-refractivity contribution is 0.145. The second kappa shape index (κ2) is 8.71. The van der Waals surface area contributed by atoms with Crippen molar-refractivity contribution >= 4 is 21.6 Å². The van der Waals surface area contributed by atoms with Crippen molar-refractivity contribution in [2.45, 2.75) is 59.3 Å². The minimum absolute atomic E-state index is 0.120. The second-order valence-corrected chi connectivity index (χ2v) is 9.82. The van der Waals surface area contributed by atoms with E-state index in [0.717, 1.165) is 44.2 Å². The lowest BCUT2D eigenvalue weighted by atomic mass is 9.99. The lowest BCUT2D eigenvalue weighted by Gasteiger charge is -2.16. The number of rotatable bonds is 7. The molecule has 0 spiro atoms. The van der Waals surface area contributed by atoms with E-state index in [4.69, 9.17) is 4.74 Å². The molecule has 27 heavy (non-hydrogen) atoms. The van der Waals surface area contributed by atoms with Crippen LogP contribution in [0.4, 0.5) is 10.5 Å². The number of amides is 2. The lowest BCUT2D eigenvalue weighted by Crippen LogP contribution is -2.32. The normalized spacial score (nSPS) is 17.5. The first kappa shape index (κ1) is 20.3. The van der Waals surface area contributed by atoms with Crippen molar-refractivity contribution in [2.75, 3.05) is 24.4 Å². The number of nitrogens with zero attached hydrogens (tertiary/aromatic N) is 1. The van der Waals surface area contributed by atoms with E-state index in [1.807, 2.05) is 20.8 Å². The topological polar surface area (TPSA) is 79.8 Å². The SMILES string of the molecule is CCOCNS(=O)(CC(C)C)=NC(=O)Nc1c2c(cc3c1CCC3)CCC2. The molecular weight excluding hydrogens is 362 g/mol. The Morgan fingerprint density at radius 2 is 1.81 bits per heavy atom. The predicted molar refractivity (Wildman–Crippen MR) is 109 cm³/mol. The van der Waals surface area contributed by atoms with Crippen molar-refractivity contribution < 1.29 is 13.7 Å². The van der Waals surface area contributed by atoms with Gasteiger partial charge in [0, 0.05) is 18.0 Å². The van der Waals surface area contributed by atoms with Crippen LogP contribution >= 0.6 is 0 Å². The van der Waals surface area contributed by atoms with Gasteiger partial charge in [-0.15, -0.1) is 4.36 Å². The van der Waals surface area contributed by atoms with Crippen LogP contribution in [-0.4, -0.2) is 29.3 Å². The number of hydrogen-bond donors (Lipinski definition) is 2. The fourth-order valence-electron chi connectivity index (χ4n) is 4.05. The van der Waals surface area contributed by atoms with Crippen molar-refractivity contribution in [3.8, 4) is 0 Å². The molecule has 2 N–H and O–H groups in total. The number of anilines is 1. The highest BCUT2D eigenvalue weighted by molar-refractivity contribution is 7.92. The third-order valence-electron chi connectivity index (χ3n) is 5.09. The summed E-state index contributed by atoms with van der Waals surface area (Å²) >= 11 is 0. The number of aryl methyl sites for hydroxylation is 2. The summed E-state index contributed by atoms with van der Waals surface area (Å²) in [5.74, 6) is 0.451. The van der Waals surface area contributed by atoms with Gasteiger partial charge in [-0.1, -0.05) is 19.9 Å². The Balaban J connectivity index is 1.86. The molecule has 1 unspecified atom stereocenters. The summed E-state index contributed by atoms with van der Waals surface area (Å²) in [6, 6.07) is 1.79. The highest BCUT2D eigenvalue weighted by Crippen LogP contribution is 2.38. The molecule has 0 saturated heterocycles. The predicted octanol–water partition coefficient (Wildman–Crippen LogP) is 3.82. The first-order valence-corrected chi connectivity index (χ1v) is 11.6. The molecule has 0 aliphatic heterocycles. The van der Waals surface area contributed by atoms with E-state index in [1.165, 1.54) is 22.3 Å². The zero-order valence-corrected chi connectivity index (χ0v) is 17.4. The fraction of sp³-hybridized carbons (Fsp3) is 0.650. The molecule has 2 amide bonds. The Kier molecular flexibility index (Phi) is 6.55. The number of carbonyl (C=O) groups is 1. The van der Waals surface area contributed by atoms with Gasteiger partial charge in [0.05, 0.1) is 0 Å². The number of hydrogen-bond acceptors (Lipinski definition) is 3. The van der Waals surface area contributed by atoms with Crippen molar-refractivity contribution in [1.29, 1.82) is 0 Å². The summed E-state index contributed by atoms with van der Waals surface area (Å²) in [5.41, 5.74) is 6.13. The molecule has 3 rings (SSSR count). The summed E-state index contributed by atoms with van der Waals surface area (Å²) in [4.78, 5) is 12.7. The van der Waals surface area contributed by atoms with Crippen LogP contribution < -0.4 is 10.0 Å². The maximum Gasteiger partial charge on any atom is 0.354 e. The van der Waals surface area contributed by atoms with Gasteiger partial charge < -0.3 is 10.1 Å². The first-order chi connectivity index (χ1) is 12.9. The molecule has 0 aromatic heterocycles. The molecule has 1 atom stereocenters. The highest BCUT2D eigenvalue weighted by Gasteiger charge is 2.25. The van der Waals surface area contributed by atoms with Crippen molar-refractivity contribution in [3.63, 3.8) is 0 Å². The van der Waals surface area contributed by atoms with E-state index in [0.29, 0.717) is 12.4 Å². The van der Waals surface area contributed by atoms with Gasteiger partial charge in [0.2, 0.25) is 0 Å². The summed E-state index contributed by atoms with van der Waals surface area (Å²) in [6.45, 7) is 6.43. The zero-order chi connectivity index (χ0) is 19.4. The molecule has 0 saturated carbocycles. The van der Waals surface area contributed by atoms with E-state index in [1.54, 1.807) is 0 Å². The molecule has 1 aromatic rings. The quantitative estimate of drug-likeness (QED) is 0.546. The minimum atomic E-state index is -2.87. The Labute approximate surface area is 162 Å². The van der Waals surface area contributed by atoms with Crippen molar-refractivity contribution in [1.82, 2.24) is 4.72 Å². The zero-order valence-electron chi connectivity index (χ0n) is 16.6. The van der Waals surface area contributed by atoms with E-state index >= 15 is 0 Å². The molecule has 2 aliphatic rings. The monoisotopic (exact) mass is 393 g/mol. The molecule has 0 bridgehead atoms. The Morgan fingerprint density at radius 1 is 1.19 bits per heavy atom. The van der Waals surface area contributed by atoms with Crippen LogP contribution in [0.15, 0.2) is 10.4 Å². The van der Waals surface area contributed by atoms with Gasteiger partial charge in [-0.05, 0) is 73.6 Å². The van der Waals surface area contributed by atoms with Gasteiger partial charge in [-0.3, -0.25) is 0 Å². The van der Waals surface area contributed by atoms with Crippen LogP contribution in [0.5, 0.6) is 0 Å². The molecule has 2 aliphatic carbocycles. The van der Waals surface area contributed by atoms with Gasteiger partial charge in [0.25, 0.3) is 0 Å². The van der Waals surface area contributed by atoms with E-state index in [9.17, 15) is 9.00 Å².